The standard InChI is InChI=1S/C25H25BrO7/c1-4-30-22(27)25(23(28)31-5-2)19-10-8-7-9-18(19)21(16-11-13-17(26)14-12-16)20(25)15-33-24(29)32-6-3/h7-14H,4-6,15H2,1-3H3. The van der Waals surface area contributed by atoms with Crippen LogP contribution < -0.4 is 0 Å². The molecule has 3 rings (SSSR count). The normalized spacial score (nSPS) is 13.8. The van der Waals surface area contributed by atoms with E-state index in [1.807, 2.05) is 36.4 Å². The van der Waals surface area contributed by atoms with E-state index in [0.717, 1.165) is 10.0 Å². The lowest BCUT2D eigenvalue weighted by Gasteiger charge is -2.29. The van der Waals surface area contributed by atoms with Gasteiger partial charge < -0.3 is 18.9 Å². The van der Waals surface area contributed by atoms with Gasteiger partial charge in [0.25, 0.3) is 0 Å². The molecule has 0 bridgehead atoms. The van der Waals surface area contributed by atoms with Crippen molar-refractivity contribution in [3.05, 3.63) is 75.3 Å². The highest BCUT2D eigenvalue weighted by Crippen LogP contribution is 2.50. The van der Waals surface area contributed by atoms with Gasteiger partial charge in [-0.1, -0.05) is 52.3 Å². The second-order valence-electron chi connectivity index (χ2n) is 7.07. The van der Waals surface area contributed by atoms with Crippen LogP contribution in [0, 0.1) is 0 Å². The van der Waals surface area contributed by atoms with Gasteiger partial charge in [-0.05, 0) is 55.2 Å². The SMILES string of the molecule is CCOC(=O)OCC1=C(c2ccc(Br)cc2)c2ccccc2C1(C(=O)OCC)C(=O)OCC. The number of esters is 2. The van der Waals surface area contributed by atoms with E-state index in [-0.39, 0.29) is 32.0 Å². The summed E-state index contributed by atoms with van der Waals surface area (Å²) in [4.78, 5) is 39.1. The zero-order chi connectivity index (χ0) is 24.0. The summed E-state index contributed by atoms with van der Waals surface area (Å²) in [7, 11) is 0. The summed E-state index contributed by atoms with van der Waals surface area (Å²) in [6.07, 6.45) is -0.905. The number of rotatable bonds is 8. The average molecular weight is 517 g/mol. The van der Waals surface area contributed by atoms with Crippen molar-refractivity contribution in [1.82, 2.24) is 0 Å². The Hall–Kier alpha value is -3.13. The van der Waals surface area contributed by atoms with Crippen molar-refractivity contribution in [3.63, 3.8) is 0 Å². The molecule has 0 amide bonds. The highest BCUT2D eigenvalue weighted by Gasteiger charge is 2.59. The summed E-state index contributed by atoms with van der Waals surface area (Å²) in [6.45, 7) is 4.84. The Morgan fingerprint density at radius 2 is 1.36 bits per heavy atom. The van der Waals surface area contributed by atoms with E-state index >= 15 is 0 Å². The van der Waals surface area contributed by atoms with E-state index in [0.29, 0.717) is 16.7 Å². The molecule has 174 valence electrons. The fourth-order valence-electron chi connectivity index (χ4n) is 3.99. The minimum atomic E-state index is -1.92. The van der Waals surface area contributed by atoms with Crippen molar-refractivity contribution < 1.29 is 33.3 Å². The third-order valence-corrected chi connectivity index (χ3v) is 5.78. The van der Waals surface area contributed by atoms with Crippen LogP contribution in [0.5, 0.6) is 0 Å². The summed E-state index contributed by atoms with van der Waals surface area (Å²) < 4.78 is 21.9. The lowest BCUT2D eigenvalue weighted by atomic mass is 9.77. The first kappa shape index (κ1) is 24.5. The Balaban J connectivity index is 2.33. The van der Waals surface area contributed by atoms with E-state index < -0.39 is 23.5 Å². The van der Waals surface area contributed by atoms with Gasteiger partial charge >= 0.3 is 18.1 Å². The molecule has 0 atom stereocenters. The molecule has 2 aromatic carbocycles. The minimum Gasteiger partial charge on any atom is -0.465 e. The highest BCUT2D eigenvalue weighted by atomic mass is 79.9. The molecule has 8 heteroatoms. The lowest BCUT2D eigenvalue weighted by molar-refractivity contribution is -0.162. The molecule has 1 aliphatic carbocycles. The molecule has 0 saturated heterocycles. The zero-order valence-corrected chi connectivity index (χ0v) is 20.3. The van der Waals surface area contributed by atoms with Crippen LogP contribution in [-0.2, 0) is 34.0 Å². The summed E-state index contributed by atoms with van der Waals surface area (Å²) in [5.74, 6) is -1.57. The van der Waals surface area contributed by atoms with Crippen molar-refractivity contribution in [3.8, 4) is 0 Å². The number of carbonyl (C=O) groups excluding carboxylic acids is 3. The van der Waals surface area contributed by atoms with E-state index in [1.54, 1.807) is 32.9 Å². The molecule has 0 aliphatic heterocycles. The van der Waals surface area contributed by atoms with E-state index in [1.165, 1.54) is 0 Å². The topological polar surface area (TPSA) is 88.1 Å². The van der Waals surface area contributed by atoms with Crippen molar-refractivity contribution in [2.45, 2.75) is 26.2 Å². The van der Waals surface area contributed by atoms with Crippen LogP contribution in [0.3, 0.4) is 0 Å². The molecular weight excluding hydrogens is 492 g/mol. The van der Waals surface area contributed by atoms with Gasteiger partial charge in [0.05, 0.1) is 19.8 Å². The van der Waals surface area contributed by atoms with Gasteiger partial charge in [-0.3, -0.25) is 9.59 Å². The van der Waals surface area contributed by atoms with Gasteiger partial charge in [0.2, 0.25) is 5.41 Å². The number of ether oxygens (including phenoxy) is 4. The zero-order valence-electron chi connectivity index (χ0n) is 18.7. The maximum Gasteiger partial charge on any atom is 0.508 e. The molecule has 33 heavy (non-hydrogen) atoms. The summed E-state index contributed by atoms with van der Waals surface area (Å²) >= 11 is 3.43. The molecule has 0 aromatic heterocycles. The van der Waals surface area contributed by atoms with Crippen molar-refractivity contribution in [2.75, 3.05) is 26.4 Å². The number of fused-ring (bicyclic) bond motifs is 1. The second kappa shape index (κ2) is 10.7. The van der Waals surface area contributed by atoms with Crippen LogP contribution in [0.15, 0.2) is 58.6 Å². The maximum atomic E-state index is 13.5. The number of carbonyl (C=O) groups is 3. The van der Waals surface area contributed by atoms with Crippen molar-refractivity contribution >= 4 is 39.6 Å². The summed E-state index contributed by atoms with van der Waals surface area (Å²) in [5.41, 5.74) is 0.756. The second-order valence-corrected chi connectivity index (χ2v) is 7.98. The molecule has 0 heterocycles. The minimum absolute atomic E-state index is 0.0573. The molecule has 7 nitrogen and oxygen atoms in total. The van der Waals surface area contributed by atoms with Gasteiger partial charge in [-0.25, -0.2) is 4.79 Å². The van der Waals surface area contributed by atoms with Crippen molar-refractivity contribution in [2.24, 2.45) is 0 Å². The van der Waals surface area contributed by atoms with Crippen LogP contribution in [0.4, 0.5) is 4.79 Å². The highest BCUT2D eigenvalue weighted by molar-refractivity contribution is 9.10. The average Bonchev–Trinajstić information content (AvgIpc) is 3.10. The van der Waals surface area contributed by atoms with E-state index in [2.05, 4.69) is 15.9 Å². The Morgan fingerprint density at radius 3 is 1.94 bits per heavy atom. The van der Waals surface area contributed by atoms with Crippen LogP contribution in [0.1, 0.15) is 37.5 Å². The van der Waals surface area contributed by atoms with Gasteiger partial charge in [-0.2, -0.15) is 0 Å². The van der Waals surface area contributed by atoms with E-state index in [9.17, 15) is 14.4 Å². The van der Waals surface area contributed by atoms with Crippen molar-refractivity contribution in [1.29, 1.82) is 0 Å². The van der Waals surface area contributed by atoms with Crippen LogP contribution in [0.25, 0.3) is 5.57 Å². The predicted molar refractivity (Wildman–Crippen MR) is 125 cm³/mol. The Labute approximate surface area is 200 Å². The third kappa shape index (κ3) is 4.53. The molecule has 0 saturated carbocycles. The largest absolute Gasteiger partial charge is 0.508 e. The van der Waals surface area contributed by atoms with Gasteiger partial charge in [-0.15, -0.1) is 0 Å². The maximum absolute atomic E-state index is 13.5. The van der Waals surface area contributed by atoms with Crippen LogP contribution in [-0.4, -0.2) is 44.5 Å². The summed E-state index contributed by atoms with van der Waals surface area (Å²) in [6, 6.07) is 14.5. The van der Waals surface area contributed by atoms with Crippen LogP contribution >= 0.6 is 15.9 Å². The Morgan fingerprint density at radius 1 is 0.788 bits per heavy atom. The van der Waals surface area contributed by atoms with E-state index in [4.69, 9.17) is 18.9 Å². The fourth-order valence-corrected chi connectivity index (χ4v) is 4.25. The number of hydrogen-bond donors (Lipinski definition) is 0. The number of halogens is 1. The number of hydrogen-bond acceptors (Lipinski definition) is 7. The molecule has 0 spiro atoms. The summed E-state index contributed by atoms with van der Waals surface area (Å²) in [5, 5.41) is 0. The molecule has 0 fully saturated rings. The first-order valence-corrected chi connectivity index (χ1v) is 11.4. The Kier molecular flexibility index (Phi) is 7.92. The molecular formula is C25H25BrO7. The molecule has 0 N–H and O–H groups in total. The van der Waals surface area contributed by atoms with Crippen LogP contribution in [0.2, 0.25) is 0 Å². The molecule has 1 aliphatic rings. The molecule has 0 radical (unpaired) electrons. The number of benzene rings is 2. The first-order valence-electron chi connectivity index (χ1n) is 10.6. The fraction of sp³-hybridized carbons (Fsp3) is 0.320. The molecule has 2 aromatic rings. The lowest BCUT2D eigenvalue weighted by Crippen LogP contribution is -2.47. The first-order chi connectivity index (χ1) is 15.9. The predicted octanol–water partition coefficient (Wildman–Crippen LogP) is 4.80. The quantitative estimate of drug-likeness (QED) is 0.282. The Bertz CT molecular complexity index is 1050. The smallest absolute Gasteiger partial charge is 0.465 e. The molecule has 0 unspecified atom stereocenters. The third-order valence-electron chi connectivity index (χ3n) is 5.25. The van der Waals surface area contributed by atoms with Gasteiger partial charge in [0.15, 0.2) is 0 Å². The van der Waals surface area contributed by atoms with Gasteiger partial charge in [0, 0.05) is 10.0 Å². The van der Waals surface area contributed by atoms with Gasteiger partial charge in [0.1, 0.15) is 6.61 Å². The monoisotopic (exact) mass is 516 g/mol.